The highest BCUT2D eigenvalue weighted by molar-refractivity contribution is 7.80. The molecule has 108 valence electrons. The Labute approximate surface area is 125 Å². The predicted molar refractivity (Wildman–Crippen MR) is 77.6 cm³/mol. The first-order valence-electron chi connectivity index (χ1n) is 5.44. The van der Waals surface area contributed by atoms with Gasteiger partial charge in [0.2, 0.25) is 11.8 Å². The third kappa shape index (κ3) is 5.37. The molecule has 1 aromatic carbocycles. The average Bonchev–Trinajstić information content (AvgIpc) is 2.40. The van der Waals surface area contributed by atoms with E-state index >= 15 is 0 Å². The molecule has 20 heavy (non-hydrogen) atoms. The van der Waals surface area contributed by atoms with E-state index in [9.17, 15) is 14.0 Å². The molecule has 0 fully saturated rings. The van der Waals surface area contributed by atoms with Gasteiger partial charge in [0.05, 0.1) is 5.02 Å². The van der Waals surface area contributed by atoms with E-state index in [-0.39, 0.29) is 10.1 Å². The predicted octanol–water partition coefficient (Wildman–Crippen LogP) is 0.933. The summed E-state index contributed by atoms with van der Waals surface area (Å²) >= 11 is 10.3. The van der Waals surface area contributed by atoms with Gasteiger partial charge in [-0.15, -0.1) is 0 Å². The Hall–Kier alpha value is -1.93. The zero-order valence-corrected chi connectivity index (χ0v) is 12.0. The maximum atomic E-state index is 12.9. The third-order valence-corrected chi connectivity index (χ3v) is 2.66. The van der Waals surface area contributed by atoms with E-state index in [0.29, 0.717) is 5.69 Å². The molecule has 6 nitrogen and oxygen atoms in total. The Morgan fingerprint density at radius 2 is 2.00 bits per heavy atom. The van der Waals surface area contributed by atoms with Crippen LogP contribution in [0.2, 0.25) is 5.02 Å². The summed E-state index contributed by atoms with van der Waals surface area (Å²) < 4.78 is 12.9. The first-order chi connectivity index (χ1) is 9.42. The quantitative estimate of drug-likeness (QED) is 0.379. The Bertz CT molecular complexity index is 541. The Kier molecular flexibility index (Phi) is 6.13. The van der Waals surface area contributed by atoms with E-state index in [4.69, 9.17) is 23.8 Å². The van der Waals surface area contributed by atoms with E-state index in [2.05, 4.69) is 21.5 Å². The number of hydrogen-bond donors (Lipinski definition) is 4. The van der Waals surface area contributed by atoms with Crippen LogP contribution in [0.1, 0.15) is 6.42 Å². The molecule has 0 aliphatic rings. The normalized spacial score (nSPS) is 9.55. The number of thiocarbonyl (C=S) groups is 1. The molecule has 0 unspecified atom stereocenters. The molecule has 0 spiro atoms. The van der Waals surface area contributed by atoms with Gasteiger partial charge in [-0.3, -0.25) is 20.4 Å². The summed E-state index contributed by atoms with van der Waals surface area (Å²) in [6.07, 6.45) is -0.422. The smallest absolute Gasteiger partial charge is 0.247 e. The second-order valence-electron chi connectivity index (χ2n) is 3.61. The van der Waals surface area contributed by atoms with Gasteiger partial charge >= 0.3 is 0 Å². The lowest BCUT2D eigenvalue weighted by molar-refractivity contribution is -0.127. The van der Waals surface area contributed by atoms with Gasteiger partial charge in [0.1, 0.15) is 12.2 Å². The molecule has 0 bridgehead atoms. The molecule has 1 rings (SSSR count). The van der Waals surface area contributed by atoms with Gasteiger partial charge < -0.3 is 10.6 Å². The number of carbonyl (C=O) groups excluding carboxylic acids is 2. The standard InChI is InChI=1S/C11H12ClFN4O2S/c1-14-11(20)17-16-10(19)5-9(18)15-6-2-3-8(13)7(12)4-6/h2-4H,5H2,1H3,(H,15,18)(H,16,19)(H2,14,17,20). The van der Waals surface area contributed by atoms with Gasteiger partial charge in [0.15, 0.2) is 5.11 Å². The maximum Gasteiger partial charge on any atom is 0.247 e. The summed E-state index contributed by atoms with van der Waals surface area (Å²) in [5.74, 6) is -1.73. The van der Waals surface area contributed by atoms with Crippen molar-refractivity contribution in [2.24, 2.45) is 0 Å². The number of amides is 2. The minimum absolute atomic E-state index is 0.117. The largest absolute Gasteiger partial charge is 0.364 e. The number of hydrazine groups is 1. The van der Waals surface area contributed by atoms with Crippen molar-refractivity contribution in [3.63, 3.8) is 0 Å². The lowest BCUT2D eigenvalue weighted by atomic mass is 10.3. The van der Waals surface area contributed by atoms with Crippen LogP contribution in [0, 0.1) is 5.82 Å². The van der Waals surface area contributed by atoms with E-state index < -0.39 is 24.1 Å². The van der Waals surface area contributed by atoms with E-state index in [0.717, 1.165) is 6.07 Å². The molecule has 0 atom stereocenters. The van der Waals surface area contributed by atoms with Crippen molar-refractivity contribution in [2.75, 3.05) is 12.4 Å². The number of halogens is 2. The molecule has 9 heteroatoms. The van der Waals surface area contributed by atoms with Gasteiger partial charge in [-0.25, -0.2) is 4.39 Å². The average molecular weight is 319 g/mol. The van der Waals surface area contributed by atoms with Crippen LogP contribution in [0.3, 0.4) is 0 Å². The molecule has 0 heterocycles. The second-order valence-corrected chi connectivity index (χ2v) is 4.42. The lowest BCUT2D eigenvalue weighted by Crippen LogP contribution is -2.46. The van der Waals surface area contributed by atoms with Crippen LogP contribution in [-0.2, 0) is 9.59 Å². The topological polar surface area (TPSA) is 82.3 Å². The SMILES string of the molecule is CNC(=S)NNC(=O)CC(=O)Nc1ccc(F)c(Cl)c1. The fourth-order valence-corrected chi connectivity index (χ4v) is 1.39. The Balaban J connectivity index is 2.45. The van der Waals surface area contributed by atoms with Gasteiger partial charge in [-0.1, -0.05) is 11.6 Å². The van der Waals surface area contributed by atoms with Crippen molar-refractivity contribution in [3.8, 4) is 0 Å². The summed E-state index contributed by atoms with van der Waals surface area (Å²) in [6.45, 7) is 0. The van der Waals surface area contributed by atoms with Crippen LogP contribution in [0.25, 0.3) is 0 Å². The molecule has 0 aliphatic carbocycles. The molecule has 0 saturated carbocycles. The van der Waals surface area contributed by atoms with Gasteiger partial charge in [-0.2, -0.15) is 0 Å². The highest BCUT2D eigenvalue weighted by atomic mass is 35.5. The number of carbonyl (C=O) groups is 2. The highest BCUT2D eigenvalue weighted by Gasteiger charge is 2.10. The monoisotopic (exact) mass is 318 g/mol. The van der Waals surface area contributed by atoms with Crippen LogP contribution in [-0.4, -0.2) is 24.0 Å². The molecule has 0 radical (unpaired) electrons. The van der Waals surface area contributed by atoms with Crippen LogP contribution < -0.4 is 21.5 Å². The Morgan fingerprint density at radius 3 is 2.60 bits per heavy atom. The summed E-state index contributed by atoms with van der Waals surface area (Å²) in [4.78, 5) is 22.9. The van der Waals surface area contributed by atoms with Gasteiger partial charge in [-0.05, 0) is 30.4 Å². The second kappa shape index (κ2) is 7.61. The minimum atomic E-state index is -0.591. The van der Waals surface area contributed by atoms with Crippen molar-refractivity contribution in [1.82, 2.24) is 16.2 Å². The van der Waals surface area contributed by atoms with Gasteiger partial charge in [0.25, 0.3) is 0 Å². The summed E-state index contributed by atoms with van der Waals surface area (Å²) in [5.41, 5.74) is 4.92. The zero-order chi connectivity index (χ0) is 15.1. The van der Waals surface area contributed by atoms with Crippen molar-refractivity contribution in [1.29, 1.82) is 0 Å². The fourth-order valence-electron chi connectivity index (χ4n) is 1.16. The van der Waals surface area contributed by atoms with Crippen LogP contribution in [0.5, 0.6) is 0 Å². The Morgan fingerprint density at radius 1 is 1.30 bits per heavy atom. The maximum absolute atomic E-state index is 12.9. The van der Waals surface area contributed by atoms with E-state index in [1.54, 1.807) is 7.05 Å². The third-order valence-electron chi connectivity index (χ3n) is 2.07. The van der Waals surface area contributed by atoms with E-state index in [1.807, 2.05) is 0 Å². The van der Waals surface area contributed by atoms with Gasteiger partial charge in [0, 0.05) is 12.7 Å². The first kappa shape index (κ1) is 16.1. The molecule has 4 N–H and O–H groups in total. The van der Waals surface area contributed by atoms with Crippen molar-refractivity contribution < 1.29 is 14.0 Å². The molecule has 1 aromatic rings. The molecule has 2 amide bonds. The van der Waals surface area contributed by atoms with E-state index in [1.165, 1.54) is 12.1 Å². The number of anilines is 1. The highest BCUT2D eigenvalue weighted by Crippen LogP contribution is 2.19. The van der Waals surface area contributed by atoms with Crippen molar-refractivity contribution in [2.45, 2.75) is 6.42 Å². The number of rotatable bonds is 3. The van der Waals surface area contributed by atoms with Crippen LogP contribution in [0.15, 0.2) is 18.2 Å². The molecular weight excluding hydrogens is 307 g/mol. The lowest BCUT2D eigenvalue weighted by Gasteiger charge is -2.09. The van der Waals surface area contributed by atoms with Crippen LogP contribution >= 0.6 is 23.8 Å². The van der Waals surface area contributed by atoms with Crippen LogP contribution in [0.4, 0.5) is 10.1 Å². The van der Waals surface area contributed by atoms with Crippen molar-refractivity contribution >= 4 is 46.4 Å². The molecule has 0 saturated heterocycles. The number of nitrogens with one attached hydrogen (secondary N) is 4. The molecule has 0 aliphatic heterocycles. The fraction of sp³-hybridized carbons (Fsp3) is 0.182. The summed E-state index contributed by atoms with van der Waals surface area (Å²) in [5, 5.41) is 5.09. The first-order valence-corrected chi connectivity index (χ1v) is 6.22. The summed E-state index contributed by atoms with van der Waals surface area (Å²) in [7, 11) is 1.58. The van der Waals surface area contributed by atoms with Crippen molar-refractivity contribution in [3.05, 3.63) is 29.0 Å². The number of benzene rings is 1. The number of hydrogen-bond acceptors (Lipinski definition) is 3. The molecule has 0 aromatic heterocycles. The zero-order valence-electron chi connectivity index (χ0n) is 10.4. The minimum Gasteiger partial charge on any atom is -0.364 e. The summed E-state index contributed by atoms with van der Waals surface area (Å²) in [6, 6.07) is 3.71. The molecular formula is C11H12ClFN4O2S.